The maximum atomic E-state index is 14.0. The molecule has 0 aliphatic carbocycles. The normalized spacial score (nSPS) is 11.1. The standard InChI is InChI=1S/C23H21ClFN3O/c24-18-7-5-8-19(25)17(18)15-29-22-11-4-1-6-16(22)14-26-13-12-23-27-20-9-2-3-10-21(20)28-23/h1-11,26H,12-15H2,(H,27,28). The zero-order chi connectivity index (χ0) is 20.1. The fraction of sp³-hybridized carbons (Fsp3) is 0.174. The summed E-state index contributed by atoms with van der Waals surface area (Å²) in [5.41, 5.74) is 3.40. The van der Waals surface area contributed by atoms with Crippen LogP contribution >= 0.6 is 11.6 Å². The van der Waals surface area contributed by atoms with Crippen molar-refractivity contribution in [1.29, 1.82) is 0 Å². The minimum absolute atomic E-state index is 0.0848. The third-order valence-electron chi connectivity index (χ3n) is 4.70. The van der Waals surface area contributed by atoms with Crippen LogP contribution in [0.15, 0.2) is 66.7 Å². The van der Waals surface area contributed by atoms with E-state index in [0.29, 0.717) is 22.9 Å². The summed E-state index contributed by atoms with van der Waals surface area (Å²) in [7, 11) is 0. The Labute approximate surface area is 173 Å². The van der Waals surface area contributed by atoms with Gasteiger partial charge in [0.25, 0.3) is 0 Å². The van der Waals surface area contributed by atoms with Gasteiger partial charge in [0.2, 0.25) is 0 Å². The maximum absolute atomic E-state index is 14.0. The highest BCUT2D eigenvalue weighted by molar-refractivity contribution is 6.31. The molecule has 0 aliphatic rings. The molecule has 0 unspecified atom stereocenters. The van der Waals surface area contributed by atoms with E-state index in [9.17, 15) is 4.39 Å². The number of aromatic amines is 1. The van der Waals surface area contributed by atoms with Crippen molar-refractivity contribution in [2.24, 2.45) is 0 Å². The van der Waals surface area contributed by atoms with Gasteiger partial charge in [-0.25, -0.2) is 9.37 Å². The Hall–Kier alpha value is -2.89. The van der Waals surface area contributed by atoms with E-state index in [1.54, 1.807) is 12.1 Å². The summed E-state index contributed by atoms with van der Waals surface area (Å²) in [4.78, 5) is 7.92. The molecular weight excluding hydrogens is 389 g/mol. The molecule has 29 heavy (non-hydrogen) atoms. The lowest BCUT2D eigenvalue weighted by molar-refractivity contribution is 0.296. The van der Waals surface area contributed by atoms with Gasteiger partial charge < -0.3 is 15.0 Å². The van der Waals surface area contributed by atoms with Gasteiger partial charge in [-0.15, -0.1) is 0 Å². The van der Waals surface area contributed by atoms with Crippen molar-refractivity contribution in [3.05, 3.63) is 94.5 Å². The molecule has 2 N–H and O–H groups in total. The summed E-state index contributed by atoms with van der Waals surface area (Å²) in [6.45, 7) is 1.50. The summed E-state index contributed by atoms with van der Waals surface area (Å²) in [6.07, 6.45) is 0.794. The predicted octanol–water partition coefficient (Wildman–Crippen LogP) is 5.27. The number of ether oxygens (including phenoxy) is 1. The average molecular weight is 410 g/mol. The summed E-state index contributed by atoms with van der Waals surface area (Å²) in [5, 5.41) is 3.78. The Kier molecular flexibility index (Phi) is 6.08. The van der Waals surface area contributed by atoms with E-state index < -0.39 is 0 Å². The quantitative estimate of drug-likeness (QED) is 0.390. The number of hydrogen-bond donors (Lipinski definition) is 2. The van der Waals surface area contributed by atoms with Crippen LogP contribution in [0, 0.1) is 5.82 Å². The van der Waals surface area contributed by atoms with Gasteiger partial charge in [-0.1, -0.05) is 48.0 Å². The SMILES string of the molecule is Fc1cccc(Cl)c1COc1ccccc1CNCCc1nc2ccccc2[nH]1. The molecule has 0 bridgehead atoms. The minimum Gasteiger partial charge on any atom is -0.488 e. The van der Waals surface area contributed by atoms with Gasteiger partial charge in [0.05, 0.1) is 16.1 Å². The molecule has 148 valence electrons. The molecule has 4 rings (SSSR count). The van der Waals surface area contributed by atoms with Crippen LogP contribution in [0.3, 0.4) is 0 Å². The first-order valence-corrected chi connectivity index (χ1v) is 9.86. The molecule has 0 spiro atoms. The van der Waals surface area contributed by atoms with Crippen molar-refractivity contribution >= 4 is 22.6 Å². The van der Waals surface area contributed by atoms with Crippen molar-refractivity contribution in [3.63, 3.8) is 0 Å². The van der Waals surface area contributed by atoms with E-state index in [-0.39, 0.29) is 12.4 Å². The van der Waals surface area contributed by atoms with Gasteiger partial charge in [0.1, 0.15) is 24.0 Å². The Morgan fingerprint density at radius 1 is 1.00 bits per heavy atom. The van der Waals surface area contributed by atoms with Gasteiger partial charge in [-0.3, -0.25) is 0 Å². The van der Waals surface area contributed by atoms with Gasteiger partial charge in [0.15, 0.2) is 0 Å². The monoisotopic (exact) mass is 409 g/mol. The Morgan fingerprint density at radius 3 is 2.69 bits per heavy atom. The molecule has 0 fully saturated rings. The molecule has 1 heterocycles. The first kappa shape index (κ1) is 19.4. The van der Waals surface area contributed by atoms with Gasteiger partial charge in [0, 0.05) is 30.6 Å². The number of benzene rings is 3. The Balaban J connectivity index is 1.33. The molecule has 1 aromatic heterocycles. The van der Waals surface area contributed by atoms with Crippen LogP contribution in [-0.2, 0) is 19.6 Å². The van der Waals surface area contributed by atoms with E-state index in [0.717, 1.165) is 35.4 Å². The molecule has 6 heteroatoms. The lowest BCUT2D eigenvalue weighted by Crippen LogP contribution is -2.17. The first-order valence-electron chi connectivity index (χ1n) is 9.48. The number of aromatic nitrogens is 2. The number of fused-ring (bicyclic) bond motifs is 1. The average Bonchev–Trinajstić information content (AvgIpc) is 3.14. The third kappa shape index (κ3) is 4.75. The van der Waals surface area contributed by atoms with E-state index in [1.807, 2.05) is 48.5 Å². The second-order valence-electron chi connectivity index (χ2n) is 6.72. The molecule has 0 amide bonds. The van der Waals surface area contributed by atoms with Crippen molar-refractivity contribution < 1.29 is 9.13 Å². The molecule has 0 saturated carbocycles. The molecule has 3 aromatic carbocycles. The highest BCUT2D eigenvalue weighted by atomic mass is 35.5. The highest BCUT2D eigenvalue weighted by Gasteiger charge is 2.10. The number of para-hydroxylation sites is 3. The van der Waals surface area contributed by atoms with Crippen LogP contribution in [0.1, 0.15) is 17.0 Å². The minimum atomic E-state index is -0.362. The summed E-state index contributed by atoms with van der Waals surface area (Å²) in [6, 6.07) is 20.4. The number of rotatable bonds is 8. The van der Waals surface area contributed by atoms with Crippen molar-refractivity contribution in [3.8, 4) is 5.75 Å². The van der Waals surface area contributed by atoms with Crippen LogP contribution in [0.4, 0.5) is 4.39 Å². The van der Waals surface area contributed by atoms with Crippen molar-refractivity contribution in [2.75, 3.05) is 6.54 Å². The number of nitrogens with zero attached hydrogens (tertiary/aromatic N) is 1. The fourth-order valence-corrected chi connectivity index (χ4v) is 3.38. The second kappa shape index (κ2) is 9.07. The second-order valence-corrected chi connectivity index (χ2v) is 7.13. The third-order valence-corrected chi connectivity index (χ3v) is 5.05. The van der Waals surface area contributed by atoms with Crippen molar-refractivity contribution in [1.82, 2.24) is 15.3 Å². The molecule has 4 nitrogen and oxygen atoms in total. The topological polar surface area (TPSA) is 49.9 Å². The Morgan fingerprint density at radius 2 is 1.83 bits per heavy atom. The van der Waals surface area contributed by atoms with Crippen LogP contribution in [0.2, 0.25) is 5.02 Å². The molecule has 0 saturated heterocycles. The molecule has 4 aromatic rings. The Bertz CT molecular complexity index is 1060. The van der Waals surface area contributed by atoms with Gasteiger partial charge >= 0.3 is 0 Å². The van der Waals surface area contributed by atoms with Crippen LogP contribution in [0.5, 0.6) is 5.75 Å². The molecular formula is C23H21ClFN3O. The zero-order valence-corrected chi connectivity index (χ0v) is 16.5. The zero-order valence-electron chi connectivity index (χ0n) is 15.8. The maximum Gasteiger partial charge on any atom is 0.131 e. The smallest absolute Gasteiger partial charge is 0.131 e. The van der Waals surface area contributed by atoms with Gasteiger partial charge in [-0.05, 0) is 30.3 Å². The molecule has 0 aliphatic heterocycles. The number of hydrogen-bond acceptors (Lipinski definition) is 3. The van der Waals surface area contributed by atoms with E-state index in [2.05, 4.69) is 15.3 Å². The van der Waals surface area contributed by atoms with Crippen LogP contribution < -0.4 is 10.1 Å². The fourth-order valence-electron chi connectivity index (χ4n) is 3.16. The number of nitrogens with one attached hydrogen (secondary N) is 2. The number of halogens is 2. The van der Waals surface area contributed by atoms with Crippen LogP contribution in [0.25, 0.3) is 11.0 Å². The van der Waals surface area contributed by atoms with Crippen molar-refractivity contribution in [2.45, 2.75) is 19.6 Å². The first-order chi connectivity index (χ1) is 14.2. The number of H-pyrrole nitrogens is 1. The lowest BCUT2D eigenvalue weighted by Gasteiger charge is -2.13. The molecule has 0 radical (unpaired) electrons. The van der Waals surface area contributed by atoms with Crippen LogP contribution in [-0.4, -0.2) is 16.5 Å². The number of imidazole rings is 1. The largest absolute Gasteiger partial charge is 0.488 e. The predicted molar refractivity (Wildman–Crippen MR) is 114 cm³/mol. The van der Waals surface area contributed by atoms with E-state index in [1.165, 1.54) is 6.07 Å². The van der Waals surface area contributed by atoms with Gasteiger partial charge in [-0.2, -0.15) is 0 Å². The van der Waals surface area contributed by atoms with E-state index >= 15 is 0 Å². The lowest BCUT2D eigenvalue weighted by atomic mass is 10.2. The molecule has 0 atom stereocenters. The highest BCUT2D eigenvalue weighted by Crippen LogP contribution is 2.23. The summed E-state index contributed by atoms with van der Waals surface area (Å²) in [5.74, 6) is 1.31. The van der Waals surface area contributed by atoms with E-state index in [4.69, 9.17) is 16.3 Å². The summed E-state index contributed by atoms with van der Waals surface area (Å²) < 4.78 is 19.8. The summed E-state index contributed by atoms with van der Waals surface area (Å²) >= 11 is 6.08.